The molecule has 2 heterocycles. The number of nitrogens with zero attached hydrogens (tertiary/aromatic N) is 2. The van der Waals surface area contributed by atoms with Crippen LogP contribution in [0.25, 0.3) is 0 Å². The van der Waals surface area contributed by atoms with E-state index in [2.05, 4.69) is 36.0 Å². The van der Waals surface area contributed by atoms with Crippen molar-refractivity contribution in [2.75, 3.05) is 13.1 Å². The number of aromatic nitrogens is 1. The predicted octanol–water partition coefficient (Wildman–Crippen LogP) is 3.13. The van der Waals surface area contributed by atoms with Crippen molar-refractivity contribution in [2.24, 2.45) is 0 Å². The lowest BCUT2D eigenvalue weighted by Gasteiger charge is -2.37. The second kappa shape index (κ2) is 7.14. The average Bonchev–Trinajstić information content (AvgIpc) is 2.45. The van der Waals surface area contributed by atoms with Crippen molar-refractivity contribution in [3.63, 3.8) is 0 Å². The van der Waals surface area contributed by atoms with Crippen molar-refractivity contribution in [2.45, 2.75) is 58.2 Å². The minimum Gasteiger partial charge on any atom is -0.313 e. The second-order valence-electron chi connectivity index (χ2n) is 6.05. The summed E-state index contributed by atoms with van der Waals surface area (Å²) in [5.41, 5.74) is 0.953. The summed E-state index contributed by atoms with van der Waals surface area (Å²) >= 11 is 0. The maximum absolute atomic E-state index is 13.4. The molecule has 1 aromatic rings. The van der Waals surface area contributed by atoms with Crippen molar-refractivity contribution in [1.82, 2.24) is 15.2 Å². The van der Waals surface area contributed by atoms with E-state index in [-0.39, 0.29) is 11.9 Å². The van der Waals surface area contributed by atoms with E-state index < -0.39 is 0 Å². The smallest absolute Gasteiger partial charge is 0.141 e. The van der Waals surface area contributed by atoms with Gasteiger partial charge in [-0.1, -0.05) is 6.42 Å². The largest absolute Gasteiger partial charge is 0.313 e. The van der Waals surface area contributed by atoms with Crippen molar-refractivity contribution in [3.8, 4) is 0 Å². The van der Waals surface area contributed by atoms with Crippen LogP contribution in [0.1, 0.15) is 51.6 Å². The lowest BCUT2D eigenvalue weighted by atomic mass is 10.0. The summed E-state index contributed by atoms with van der Waals surface area (Å²) in [7, 11) is 0. The summed E-state index contributed by atoms with van der Waals surface area (Å²) in [6.45, 7) is 8.67. The molecule has 0 spiro atoms. The molecular weight excluding hydrogens is 253 g/mol. The Morgan fingerprint density at radius 3 is 2.75 bits per heavy atom. The Hall–Kier alpha value is -1.00. The summed E-state index contributed by atoms with van der Waals surface area (Å²) in [6, 6.07) is 2.76. The van der Waals surface area contributed by atoms with Crippen LogP contribution >= 0.6 is 0 Å². The third-order valence-corrected chi connectivity index (χ3v) is 4.21. The fraction of sp³-hybridized carbons (Fsp3) is 0.688. The summed E-state index contributed by atoms with van der Waals surface area (Å²) in [5.74, 6) is -0.256. The van der Waals surface area contributed by atoms with Crippen LogP contribution in [-0.4, -0.2) is 35.1 Å². The van der Waals surface area contributed by atoms with Crippen LogP contribution in [0.3, 0.4) is 0 Å². The van der Waals surface area contributed by atoms with E-state index in [1.165, 1.54) is 25.5 Å². The molecule has 1 aliphatic heterocycles. The molecule has 2 rings (SSSR count). The van der Waals surface area contributed by atoms with Gasteiger partial charge in [0.25, 0.3) is 0 Å². The molecule has 112 valence electrons. The van der Waals surface area contributed by atoms with Crippen LogP contribution in [0.15, 0.2) is 18.5 Å². The Kier molecular flexibility index (Phi) is 5.49. The number of rotatable bonds is 5. The zero-order chi connectivity index (χ0) is 14.5. The minimum absolute atomic E-state index is 0.182. The van der Waals surface area contributed by atoms with Crippen LogP contribution < -0.4 is 5.32 Å². The predicted molar refractivity (Wildman–Crippen MR) is 80.1 cm³/mol. The molecule has 1 saturated heterocycles. The van der Waals surface area contributed by atoms with Gasteiger partial charge in [0.15, 0.2) is 0 Å². The Morgan fingerprint density at radius 2 is 2.15 bits per heavy atom. The van der Waals surface area contributed by atoms with E-state index in [0.29, 0.717) is 12.1 Å². The van der Waals surface area contributed by atoms with Crippen LogP contribution in [-0.2, 0) is 0 Å². The van der Waals surface area contributed by atoms with Gasteiger partial charge in [0, 0.05) is 30.9 Å². The standard InChI is InChI=1S/C16H26FN3/c1-12(2)20(11-16-6-4-5-7-19-16)13(3)14-8-15(17)10-18-9-14/h8-10,12-13,16,19H,4-7,11H2,1-3H3. The van der Waals surface area contributed by atoms with Crippen LogP contribution in [0.2, 0.25) is 0 Å². The molecule has 20 heavy (non-hydrogen) atoms. The number of nitrogens with one attached hydrogen (secondary N) is 1. The van der Waals surface area contributed by atoms with E-state index in [0.717, 1.165) is 18.7 Å². The zero-order valence-electron chi connectivity index (χ0n) is 12.8. The monoisotopic (exact) mass is 279 g/mol. The van der Waals surface area contributed by atoms with Gasteiger partial charge in [-0.15, -0.1) is 0 Å². The van der Waals surface area contributed by atoms with E-state index in [4.69, 9.17) is 0 Å². The average molecular weight is 279 g/mol. The topological polar surface area (TPSA) is 28.2 Å². The minimum atomic E-state index is -0.256. The molecule has 1 aliphatic rings. The zero-order valence-corrected chi connectivity index (χ0v) is 12.8. The summed E-state index contributed by atoms with van der Waals surface area (Å²) in [6.07, 6.45) is 6.86. The maximum Gasteiger partial charge on any atom is 0.141 e. The normalized spacial score (nSPS) is 21.4. The van der Waals surface area contributed by atoms with Crippen molar-refractivity contribution in [3.05, 3.63) is 29.8 Å². The van der Waals surface area contributed by atoms with Crippen molar-refractivity contribution >= 4 is 0 Å². The van der Waals surface area contributed by atoms with E-state index in [1.807, 2.05) is 0 Å². The lowest BCUT2D eigenvalue weighted by Crippen LogP contribution is -2.46. The molecular formula is C16H26FN3. The number of pyridine rings is 1. The Bertz CT molecular complexity index is 416. The van der Waals surface area contributed by atoms with Gasteiger partial charge >= 0.3 is 0 Å². The van der Waals surface area contributed by atoms with E-state index in [1.54, 1.807) is 12.3 Å². The fourth-order valence-electron chi connectivity index (χ4n) is 3.00. The molecule has 1 fully saturated rings. The van der Waals surface area contributed by atoms with Crippen molar-refractivity contribution < 1.29 is 4.39 Å². The number of hydrogen-bond acceptors (Lipinski definition) is 3. The first-order valence-corrected chi connectivity index (χ1v) is 7.67. The van der Waals surface area contributed by atoms with Gasteiger partial charge in [0.2, 0.25) is 0 Å². The molecule has 1 N–H and O–H groups in total. The molecule has 0 saturated carbocycles. The molecule has 2 atom stereocenters. The first-order chi connectivity index (χ1) is 9.58. The van der Waals surface area contributed by atoms with Gasteiger partial charge < -0.3 is 5.32 Å². The highest BCUT2D eigenvalue weighted by molar-refractivity contribution is 5.14. The molecule has 0 amide bonds. The van der Waals surface area contributed by atoms with Gasteiger partial charge in [0.1, 0.15) is 5.82 Å². The van der Waals surface area contributed by atoms with E-state index in [9.17, 15) is 4.39 Å². The molecule has 0 radical (unpaired) electrons. The van der Waals surface area contributed by atoms with Gasteiger partial charge in [-0.3, -0.25) is 9.88 Å². The Labute approximate surface area is 121 Å². The number of piperidine rings is 1. The summed E-state index contributed by atoms with van der Waals surface area (Å²) in [5, 5.41) is 3.59. The Morgan fingerprint density at radius 1 is 1.35 bits per heavy atom. The molecule has 3 nitrogen and oxygen atoms in total. The van der Waals surface area contributed by atoms with Crippen LogP contribution in [0.4, 0.5) is 4.39 Å². The first-order valence-electron chi connectivity index (χ1n) is 7.67. The molecule has 4 heteroatoms. The van der Waals surface area contributed by atoms with Crippen LogP contribution in [0, 0.1) is 5.82 Å². The highest BCUT2D eigenvalue weighted by Crippen LogP contribution is 2.23. The molecule has 1 aromatic heterocycles. The van der Waals surface area contributed by atoms with Gasteiger partial charge in [-0.2, -0.15) is 0 Å². The van der Waals surface area contributed by atoms with Crippen LogP contribution in [0.5, 0.6) is 0 Å². The first kappa shape index (κ1) is 15.4. The molecule has 2 unspecified atom stereocenters. The number of halogens is 1. The van der Waals surface area contributed by atoms with Gasteiger partial charge in [-0.25, -0.2) is 4.39 Å². The highest BCUT2D eigenvalue weighted by Gasteiger charge is 2.23. The lowest BCUT2D eigenvalue weighted by molar-refractivity contribution is 0.137. The molecule has 0 aromatic carbocycles. The quantitative estimate of drug-likeness (QED) is 0.897. The van der Waals surface area contributed by atoms with Gasteiger partial charge in [-0.05, 0) is 51.8 Å². The highest BCUT2D eigenvalue weighted by atomic mass is 19.1. The maximum atomic E-state index is 13.4. The summed E-state index contributed by atoms with van der Waals surface area (Å²) < 4.78 is 13.4. The third kappa shape index (κ3) is 4.00. The molecule has 0 aliphatic carbocycles. The fourth-order valence-corrected chi connectivity index (χ4v) is 3.00. The number of hydrogen-bond donors (Lipinski definition) is 1. The van der Waals surface area contributed by atoms with Crippen molar-refractivity contribution in [1.29, 1.82) is 0 Å². The SMILES string of the molecule is CC(C)N(CC1CCCCN1)C(C)c1cncc(F)c1. The van der Waals surface area contributed by atoms with E-state index >= 15 is 0 Å². The van der Waals surface area contributed by atoms with Gasteiger partial charge in [0.05, 0.1) is 6.20 Å². The molecule has 0 bridgehead atoms. The third-order valence-electron chi connectivity index (χ3n) is 4.21. The second-order valence-corrected chi connectivity index (χ2v) is 6.05. The Balaban J connectivity index is 2.07. The summed E-state index contributed by atoms with van der Waals surface area (Å²) in [4.78, 5) is 6.41.